The third-order valence-corrected chi connectivity index (χ3v) is 9.31. The molecular formula is C16H19N2O4PS2. The van der Waals surface area contributed by atoms with Crippen LogP contribution in [0.1, 0.15) is 23.2 Å². The van der Waals surface area contributed by atoms with Crippen LogP contribution in [0.3, 0.4) is 0 Å². The fourth-order valence-corrected chi connectivity index (χ4v) is 7.17. The highest BCUT2D eigenvalue weighted by Crippen LogP contribution is 2.57. The molecule has 1 heterocycles. The average Bonchev–Trinajstić information content (AvgIpc) is 2.97. The molecule has 1 aliphatic heterocycles. The second-order valence-corrected chi connectivity index (χ2v) is 11.5. The maximum Gasteiger partial charge on any atom is 0.216 e. The summed E-state index contributed by atoms with van der Waals surface area (Å²) in [4.78, 5) is 0. The minimum atomic E-state index is -3.59. The maximum atomic E-state index is 12.4. The highest BCUT2D eigenvalue weighted by atomic mass is 32.2. The van der Waals surface area contributed by atoms with Crippen molar-refractivity contribution in [1.29, 1.82) is 0 Å². The van der Waals surface area contributed by atoms with Crippen molar-refractivity contribution in [3.8, 4) is 0 Å². The number of sulfonamides is 2. The number of nitrogens with zero attached hydrogens (tertiary/aromatic N) is 2. The van der Waals surface area contributed by atoms with E-state index in [0.717, 1.165) is 23.6 Å². The lowest BCUT2D eigenvalue weighted by Gasteiger charge is -2.27. The molecule has 0 aromatic heterocycles. The largest absolute Gasteiger partial charge is 0.216 e. The summed E-state index contributed by atoms with van der Waals surface area (Å²) in [6, 6.07) is 17.1. The van der Waals surface area contributed by atoms with Gasteiger partial charge in [-0.25, -0.2) is 16.8 Å². The molecule has 0 bridgehead atoms. The lowest BCUT2D eigenvalue weighted by atomic mass is 9.95. The van der Waals surface area contributed by atoms with Gasteiger partial charge in [-0.05, 0) is 11.1 Å². The van der Waals surface area contributed by atoms with Gasteiger partial charge in [-0.3, -0.25) is 0 Å². The normalized spacial score (nSPS) is 23.0. The standard InChI is InChI=1S/C16H19N2O4PS2/c1-24(19,20)17-15(13-9-5-3-6-10-13)16(14-11-7-4-8-12-14)18(23-17)25(2,21)22/h3-12,15-16,23H,1-2H3/t15-,16-/m1/s1. The Kier molecular flexibility index (Phi) is 5.01. The molecule has 0 radical (unpaired) electrons. The van der Waals surface area contributed by atoms with Crippen LogP contribution in [0.5, 0.6) is 0 Å². The van der Waals surface area contributed by atoms with E-state index >= 15 is 0 Å². The van der Waals surface area contributed by atoms with Crippen molar-refractivity contribution in [3.05, 3.63) is 71.8 Å². The summed E-state index contributed by atoms with van der Waals surface area (Å²) in [5, 5.41) is 0. The van der Waals surface area contributed by atoms with Crippen LogP contribution in [0.15, 0.2) is 60.7 Å². The van der Waals surface area contributed by atoms with Crippen LogP contribution in [-0.2, 0) is 20.0 Å². The minimum Gasteiger partial charge on any atom is -0.212 e. The summed E-state index contributed by atoms with van der Waals surface area (Å²) in [5.41, 5.74) is 1.53. The molecule has 1 saturated heterocycles. The molecule has 2 aromatic carbocycles. The van der Waals surface area contributed by atoms with Crippen molar-refractivity contribution < 1.29 is 16.8 Å². The van der Waals surface area contributed by atoms with E-state index in [9.17, 15) is 16.8 Å². The van der Waals surface area contributed by atoms with E-state index in [2.05, 4.69) is 0 Å². The molecule has 0 aliphatic carbocycles. The zero-order valence-corrected chi connectivity index (χ0v) is 16.4. The molecule has 3 rings (SSSR count). The van der Waals surface area contributed by atoms with E-state index in [1.165, 1.54) is 8.15 Å². The Morgan fingerprint density at radius 3 is 1.28 bits per heavy atom. The van der Waals surface area contributed by atoms with E-state index in [4.69, 9.17) is 0 Å². The van der Waals surface area contributed by atoms with E-state index < -0.39 is 41.0 Å². The molecule has 0 N–H and O–H groups in total. The summed E-state index contributed by atoms with van der Waals surface area (Å²) >= 11 is 0. The summed E-state index contributed by atoms with van der Waals surface area (Å²) in [6.07, 6.45) is 2.23. The van der Waals surface area contributed by atoms with E-state index in [1.807, 2.05) is 60.7 Å². The third-order valence-electron chi connectivity index (χ3n) is 4.00. The fourth-order valence-electron chi connectivity index (χ4n) is 2.97. The molecule has 0 spiro atoms. The first-order valence-electron chi connectivity index (χ1n) is 7.54. The predicted molar refractivity (Wildman–Crippen MR) is 100 cm³/mol. The molecule has 2 aromatic rings. The second kappa shape index (κ2) is 6.78. The van der Waals surface area contributed by atoms with Crippen LogP contribution in [0.2, 0.25) is 0 Å². The van der Waals surface area contributed by atoms with Gasteiger partial charge in [-0.1, -0.05) is 60.7 Å². The molecule has 1 aliphatic rings. The monoisotopic (exact) mass is 398 g/mol. The minimum absolute atomic E-state index is 0.504. The third kappa shape index (κ3) is 3.78. The maximum absolute atomic E-state index is 12.4. The van der Waals surface area contributed by atoms with Gasteiger partial charge in [0.1, 0.15) is 0 Å². The Hall–Kier alpha value is -1.31. The summed E-state index contributed by atoms with van der Waals surface area (Å²) < 4.78 is 52.1. The Bertz CT molecular complexity index is 871. The van der Waals surface area contributed by atoms with Crippen LogP contribution < -0.4 is 0 Å². The van der Waals surface area contributed by atoms with Crippen molar-refractivity contribution in [1.82, 2.24) is 8.15 Å². The summed E-state index contributed by atoms with van der Waals surface area (Å²) in [7, 11) is -7.69. The molecular weight excluding hydrogens is 379 g/mol. The van der Waals surface area contributed by atoms with Crippen LogP contribution in [0, 0.1) is 0 Å². The number of rotatable bonds is 4. The number of hydrogen-bond donors (Lipinski definition) is 0. The van der Waals surface area contributed by atoms with E-state index in [1.54, 1.807) is 0 Å². The number of hydrogen-bond acceptors (Lipinski definition) is 4. The average molecular weight is 398 g/mol. The van der Waals surface area contributed by atoms with E-state index in [-0.39, 0.29) is 0 Å². The molecule has 2 atom stereocenters. The molecule has 134 valence electrons. The van der Waals surface area contributed by atoms with Gasteiger partial charge in [0.15, 0.2) is 0 Å². The van der Waals surface area contributed by atoms with Crippen molar-refractivity contribution >= 4 is 28.9 Å². The molecule has 0 amide bonds. The molecule has 9 heteroatoms. The summed E-state index contributed by atoms with van der Waals surface area (Å²) in [6.45, 7) is 0. The van der Waals surface area contributed by atoms with Gasteiger partial charge in [0, 0.05) is 0 Å². The van der Waals surface area contributed by atoms with Crippen molar-refractivity contribution in [2.24, 2.45) is 0 Å². The van der Waals surface area contributed by atoms with Crippen LogP contribution in [-0.4, -0.2) is 37.5 Å². The van der Waals surface area contributed by atoms with Gasteiger partial charge in [-0.15, -0.1) is 0 Å². The predicted octanol–water partition coefficient (Wildman–Crippen LogP) is 2.51. The zero-order valence-electron chi connectivity index (χ0n) is 13.8. The Labute approximate surface area is 150 Å². The highest BCUT2D eigenvalue weighted by molar-refractivity contribution is 7.96. The molecule has 0 saturated carbocycles. The molecule has 1 fully saturated rings. The highest BCUT2D eigenvalue weighted by Gasteiger charge is 2.49. The van der Waals surface area contributed by atoms with Gasteiger partial charge in [0.25, 0.3) is 0 Å². The SMILES string of the molecule is CS(=O)(=O)N1PN(S(C)(=O)=O)[C@H](c2ccccc2)[C@H]1c1ccccc1. The van der Waals surface area contributed by atoms with Gasteiger partial charge in [0.2, 0.25) is 20.0 Å². The lowest BCUT2D eigenvalue weighted by Crippen LogP contribution is -2.28. The first-order valence-corrected chi connectivity index (χ1v) is 12.1. The van der Waals surface area contributed by atoms with Crippen LogP contribution >= 0.6 is 8.88 Å². The van der Waals surface area contributed by atoms with Crippen LogP contribution in [0.4, 0.5) is 0 Å². The quantitative estimate of drug-likeness (QED) is 0.742. The summed E-state index contributed by atoms with van der Waals surface area (Å²) in [5.74, 6) is 0. The van der Waals surface area contributed by atoms with Crippen molar-refractivity contribution in [2.45, 2.75) is 12.1 Å². The zero-order chi connectivity index (χ0) is 18.2. The van der Waals surface area contributed by atoms with Gasteiger partial charge in [0.05, 0.1) is 33.5 Å². The lowest BCUT2D eigenvalue weighted by molar-refractivity contribution is 0.380. The van der Waals surface area contributed by atoms with Crippen LogP contribution in [0.25, 0.3) is 0 Å². The van der Waals surface area contributed by atoms with Gasteiger partial charge in [-0.2, -0.15) is 8.15 Å². The smallest absolute Gasteiger partial charge is 0.212 e. The fraction of sp³-hybridized carbons (Fsp3) is 0.250. The molecule has 6 nitrogen and oxygen atoms in total. The molecule has 0 unspecified atom stereocenters. The Morgan fingerprint density at radius 2 is 1.00 bits per heavy atom. The van der Waals surface area contributed by atoms with Gasteiger partial charge < -0.3 is 0 Å². The first-order chi connectivity index (χ1) is 11.7. The van der Waals surface area contributed by atoms with Crippen molar-refractivity contribution in [3.63, 3.8) is 0 Å². The topological polar surface area (TPSA) is 74.8 Å². The first kappa shape index (κ1) is 18.5. The van der Waals surface area contributed by atoms with E-state index in [0.29, 0.717) is 0 Å². The van der Waals surface area contributed by atoms with Crippen molar-refractivity contribution in [2.75, 3.05) is 12.5 Å². The molecule has 25 heavy (non-hydrogen) atoms. The Balaban J connectivity index is 2.23. The number of benzene rings is 2. The van der Waals surface area contributed by atoms with Gasteiger partial charge >= 0.3 is 0 Å². The Morgan fingerprint density at radius 1 is 0.680 bits per heavy atom. The second-order valence-electron chi connectivity index (χ2n) is 5.93.